The second-order valence-corrected chi connectivity index (χ2v) is 9.27. The molecule has 3 aromatic rings. The Morgan fingerprint density at radius 1 is 1.24 bits per heavy atom. The van der Waals surface area contributed by atoms with Gasteiger partial charge in [0.25, 0.3) is 5.56 Å². The molecule has 0 aliphatic rings. The molecule has 172 valence electrons. The summed E-state index contributed by atoms with van der Waals surface area (Å²) in [7, 11) is 3.16. The number of aromatic nitrogens is 3. The van der Waals surface area contributed by atoms with E-state index in [-0.39, 0.29) is 12.2 Å². The number of nitrogens with zero attached hydrogens (tertiary/aromatic N) is 4. The van der Waals surface area contributed by atoms with Gasteiger partial charge < -0.3 is 9.84 Å². The molecule has 0 aliphatic carbocycles. The van der Waals surface area contributed by atoms with E-state index in [9.17, 15) is 20.0 Å². The molecule has 0 radical (unpaired) electrons. The molecule has 1 aromatic carbocycles. The number of rotatable bonds is 6. The molecular formula is C24H25ClN4O4. The third-order valence-corrected chi connectivity index (χ3v) is 6.08. The van der Waals surface area contributed by atoms with Crippen LogP contribution in [0.2, 0.25) is 5.02 Å². The van der Waals surface area contributed by atoms with Crippen molar-refractivity contribution in [1.29, 1.82) is 5.26 Å². The molecule has 1 N–H and O–H groups in total. The van der Waals surface area contributed by atoms with Gasteiger partial charge >= 0.3 is 5.97 Å². The summed E-state index contributed by atoms with van der Waals surface area (Å²) < 4.78 is 8.33. The van der Waals surface area contributed by atoms with Crippen molar-refractivity contribution in [3.8, 4) is 22.9 Å². The Bertz CT molecular complexity index is 1310. The van der Waals surface area contributed by atoms with Crippen LogP contribution in [0.1, 0.15) is 32.0 Å². The topological polar surface area (TPSA) is 110 Å². The maximum Gasteiger partial charge on any atom is 0.330 e. The standard InChI is InChI=1S/C24H25ClN4O4/c1-23(2,3)24(22(31)32,12-17-8-9-28(4)27-17)29-14-20(33-5)19(11-21(29)30)18-10-16(25)7-6-15(18)13-26/h6-11,14H,12H2,1-5H3,(H,31,32). The van der Waals surface area contributed by atoms with E-state index >= 15 is 0 Å². The lowest BCUT2D eigenvalue weighted by molar-refractivity contribution is -0.154. The molecule has 0 bridgehead atoms. The number of aryl methyl sites for hydroxylation is 1. The smallest absolute Gasteiger partial charge is 0.330 e. The average molecular weight is 469 g/mol. The number of methoxy groups -OCH3 is 1. The molecule has 0 fully saturated rings. The molecule has 8 nitrogen and oxygen atoms in total. The molecule has 0 saturated heterocycles. The first-order valence-corrected chi connectivity index (χ1v) is 10.6. The highest BCUT2D eigenvalue weighted by atomic mass is 35.5. The van der Waals surface area contributed by atoms with Crippen LogP contribution in [0.4, 0.5) is 0 Å². The molecule has 2 aromatic heterocycles. The first-order valence-electron chi connectivity index (χ1n) is 10.2. The highest BCUT2D eigenvalue weighted by Crippen LogP contribution is 2.41. The molecule has 0 saturated carbocycles. The van der Waals surface area contributed by atoms with Crippen molar-refractivity contribution < 1.29 is 14.6 Å². The summed E-state index contributed by atoms with van der Waals surface area (Å²) in [4.78, 5) is 26.3. The molecule has 33 heavy (non-hydrogen) atoms. The summed E-state index contributed by atoms with van der Waals surface area (Å²) in [6.07, 6.45) is 3.09. The Morgan fingerprint density at radius 3 is 2.45 bits per heavy atom. The molecule has 3 rings (SSSR count). The second-order valence-electron chi connectivity index (χ2n) is 8.84. The van der Waals surface area contributed by atoms with Crippen LogP contribution >= 0.6 is 11.6 Å². The Morgan fingerprint density at radius 2 is 1.94 bits per heavy atom. The number of nitriles is 1. The zero-order chi connectivity index (χ0) is 24.6. The van der Waals surface area contributed by atoms with Gasteiger partial charge in [-0.1, -0.05) is 32.4 Å². The van der Waals surface area contributed by atoms with Crippen LogP contribution in [0.3, 0.4) is 0 Å². The van der Waals surface area contributed by atoms with E-state index in [0.717, 1.165) is 0 Å². The molecule has 0 spiro atoms. The number of carboxylic acid groups (broad SMARTS) is 1. The average Bonchev–Trinajstić information content (AvgIpc) is 3.15. The van der Waals surface area contributed by atoms with E-state index in [1.54, 1.807) is 63.0 Å². The lowest BCUT2D eigenvalue weighted by atomic mass is 9.70. The largest absolute Gasteiger partial charge is 0.495 e. The molecule has 9 heteroatoms. The minimum absolute atomic E-state index is 0.0182. The van der Waals surface area contributed by atoms with Gasteiger partial charge in [0.1, 0.15) is 5.75 Å². The maximum absolute atomic E-state index is 13.5. The van der Waals surface area contributed by atoms with Gasteiger partial charge in [0.2, 0.25) is 0 Å². The number of carboxylic acids is 1. The number of halogens is 1. The van der Waals surface area contributed by atoms with Crippen molar-refractivity contribution >= 4 is 17.6 Å². The number of hydrogen-bond donors (Lipinski definition) is 1. The monoisotopic (exact) mass is 468 g/mol. The van der Waals surface area contributed by atoms with Crippen LogP contribution in [0.25, 0.3) is 11.1 Å². The zero-order valence-electron chi connectivity index (χ0n) is 19.1. The zero-order valence-corrected chi connectivity index (χ0v) is 19.8. The Hall–Kier alpha value is -3.57. The summed E-state index contributed by atoms with van der Waals surface area (Å²) in [5.41, 5.74) is -1.49. The van der Waals surface area contributed by atoms with E-state index in [1.165, 1.54) is 23.9 Å². The number of aliphatic carboxylic acids is 1. The summed E-state index contributed by atoms with van der Waals surface area (Å²) in [6.45, 7) is 5.30. The molecule has 0 amide bonds. The van der Waals surface area contributed by atoms with Gasteiger partial charge in [-0.05, 0) is 29.7 Å². The van der Waals surface area contributed by atoms with Gasteiger partial charge in [0.05, 0.1) is 30.6 Å². The van der Waals surface area contributed by atoms with Crippen molar-refractivity contribution in [3.63, 3.8) is 0 Å². The summed E-state index contributed by atoms with van der Waals surface area (Å²) in [6, 6.07) is 9.81. The molecular weight excluding hydrogens is 444 g/mol. The third-order valence-electron chi connectivity index (χ3n) is 5.84. The highest BCUT2D eigenvalue weighted by Gasteiger charge is 2.52. The van der Waals surface area contributed by atoms with Gasteiger partial charge in [0, 0.05) is 41.9 Å². The Kier molecular flexibility index (Phi) is 6.39. The predicted molar refractivity (Wildman–Crippen MR) is 124 cm³/mol. The van der Waals surface area contributed by atoms with Crippen LogP contribution in [0, 0.1) is 16.7 Å². The van der Waals surface area contributed by atoms with Gasteiger partial charge in [0.15, 0.2) is 5.54 Å². The Labute approximate surface area is 196 Å². The second kappa shape index (κ2) is 8.75. The predicted octanol–water partition coefficient (Wildman–Crippen LogP) is 3.85. The third kappa shape index (κ3) is 4.24. The summed E-state index contributed by atoms with van der Waals surface area (Å²) in [5, 5.41) is 24.7. The molecule has 0 aliphatic heterocycles. The number of pyridine rings is 1. The highest BCUT2D eigenvalue weighted by molar-refractivity contribution is 6.31. The minimum atomic E-state index is -1.67. The first-order chi connectivity index (χ1) is 15.4. The maximum atomic E-state index is 13.5. The fourth-order valence-electron chi connectivity index (χ4n) is 4.05. The van der Waals surface area contributed by atoms with Crippen molar-refractivity contribution in [2.24, 2.45) is 12.5 Å². The van der Waals surface area contributed by atoms with Crippen LogP contribution in [0.15, 0.2) is 47.5 Å². The Balaban J connectivity index is 2.33. The number of carbonyl (C=O) groups is 1. The van der Waals surface area contributed by atoms with E-state index < -0.39 is 22.5 Å². The van der Waals surface area contributed by atoms with Gasteiger partial charge in [-0.25, -0.2) is 4.79 Å². The summed E-state index contributed by atoms with van der Waals surface area (Å²) >= 11 is 6.14. The molecule has 1 unspecified atom stereocenters. The lowest BCUT2D eigenvalue weighted by Crippen LogP contribution is -2.57. The van der Waals surface area contributed by atoms with E-state index in [4.69, 9.17) is 16.3 Å². The van der Waals surface area contributed by atoms with Crippen LogP contribution in [0.5, 0.6) is 5.75 Å². The van der Waals surface area contributed by atoms with Gasteiger partial charge in [-0.3, -0.25) is 14.0 Å². The van der Waals surface area contributed by atoms with Gasteiger partial charge in [-0.15, -0.1) is 0 Å². The summed E-state index contributed by atoms with van der Waals surface area (Å²) in [5.74, 6) is -0.928. The van der Waals surface area contributed by atoms with Crippen LogP contribution < -0.4 is 10.3 Å². The normalized spacial score (nSPS) is 13.2. The van der Waals surface area contributed by atoms with Crippen molar-refractivity contribution in [2.45, 2.75) is 32.7 Å². The fourth-order valence-corrected chi connectivity index (χ4v) is 4.23. The quantitative estimate of drug-likeness (QED) is 0.588. The molecule has 1 atom stereocenters. The number of hydrogen-bond acceptors (Lipinski definition) is 5. The van der Waals surface area contributed by atoms with E-state index in [1.807, 2.05) is 0 Å². The van der Waals surface area contributed by atoms with Gasteiger partial charge in [-0.2, -0.15) is 10.4 Å². The first kappa shape index (κ1) is 24.1. The van der Waals surface area contributed by atoms with Crippen molar-refractivity contribution in [2.75, 3.05) is 7.11 Å². The van der Waals surface area contributed by atoms with Crippen LogP contribution in [-0.4, -0.2) is 32.5 Å². The van der Waals surface area contributed by atoms with Crippen molar-refractivity contribution in [1.82, 2.24) is 14.3 Å². The van der Waals surface area contributed by atoms with Crippen LogP contribution in [-0.2, 0) is 23.8 Å². The number of ether oxygens (including phenoxy) is 1. The van der Waals surface area contributed by atoms with E-state index in [2.05, 4.69) is 11.2 Å². The lowest BCUT2D eigenvalue weighted by Gasteiger charge is -2.42. The van der Waals surface area contributed by atoms with Crippen molar-refractivity contribution in [3.05, 3.63) is 69.4 Å². The fraction of sp³-hybridized carbons (Fsp3) is 0.333. The number of benzene rings is 1. The van der Waals surface area contributed by atoms with E-state index in [0.29, 0.717) is 27.4 Å². The SMILES string of the molecule is COc1cn(C(Cc2ccn(C)n2)(C(=O)O)C(C)(C)C)c(=O)cc1-c1cc(Cl)ccc1C#N. The minimum Gasteiger partial charge on any atom is -0.495 e. The molecule has 2 heterocycles.